The van der Waals surface area contributed by atoms with Gasteiger partial charge in [-0.2, -0.15) is 0 Å². The summed E-state index contributed by atoms with van der Waals surface area (Å²) < 4.78 is 5.35. The minimum atomic E-state index is -0.316. The number of amides is 2. The van der Waals surface area contributed by atoms with Crippen LogP contribution in [0.4, 0.5) is 5.69 Å². The fourth-order valence-corrected chi connectivity index (χ4v) is 4.78. The molecule has 0 saturated carbocycles. The van der Waals surface area contributed by atoms with E-state index < -0.39 is 0 Å². The van der Waals surface area contributed by atoms with Crippen molar-refractivity contribution in [1.29, 1.82) is 0 Å². The van der Waals surface area contributed by atoms with Crippen molar-refractivity contribution in [2.24, 2.45) is 5.41 Å². The van der Waals surface area contributed by atoms with Crippen LogP contribution in [0.15, 0.2) is 24.3 Å². The molecule has 1 aromatic carbocycles. The summed E-state index contributed by atoms with van der Waals surface area (Å²) in [5.41, 5.74) is 0.557. The van der Waals surface area contributed by atoms with Crippen molar-refractivity contribution >= 4 is 29.1 Å². The van der Waals surface area contributed by atoms with Gasteiger partial charge in [0.15, 0.2) is 0 Å². The van der Waals surface area contributed by atoms with E-state index in [9.17, 15) is 9.59 Å². The predicted octanol–water partition coefficient (Wildman–Crippen LogP) is 2.41. The Bertz CT molecular complexity index is 727. The first-order valence-electron chi connectivity index (χ1n) is 10.2. The predicted molar refractivity (Wildman–Crippen MR) is 109 cm³/mol. The molecule has 7 heteroatoms. The van der Waals surface area contributed by atoms with Gasteiger partial charge >= 0.3 is 0 Å². The van der Waals surface area contributed by atoms with Crippen molar-refractivity contribution in [3.8, 4) is 0 Å². The maximum atomic E-state index is 13.2. The van der Waals surface area contributed by atoms with Crippen LogP contribution in [0.3, 0.4) is 0 Å². The minimum Gasteiger partial charge on any atom is -0.379 e. The lowest BCUT2D eigenvalue weighted by Gasteiger charge is -2.38. The summed E-state index contributed by atoms with van der Waals surface area (Å²) in [6, 6.07) is 7.49. The van der Waals surface area contributed by atoms with Gasteiger partial charge in [0.2, 0.25) is 11.8 Å². The number of nitrogens with zero attached hydrogens (tertiary/aromatic N) is 3. The van der Waals surface area contributed by atoms with E-state index in [1.165, 1.54) is 0 Å². The van der Waals surface area contributed by atoms with Crippen molar-refractivity contribution in [3.05, 3.63) is 29.3 Å². The van der Waals surface area contributed by atoms with E-state index in [0.29, 0.717) is 24.5 Å². The van der Waals surface area contributed by atoms with Gasteiger partial charge in [0.1, 0.15) is 0 Å². The second-order valence-electron chi connectivity index (χ2n) is 8.05. The third-order valence-corrected chi connectivity index (χ3v) is 6.69. The number of carbonyl (C=O) groups is 2. The van der Waals surface area contributed by atoms with Gasteiger partial charge < -0.3 is 14.5 Å². The smallest absolute Gasteiger partial charge is 0.233 e. The number of likely N-dealkylation sites (tertiary alicyclic amines) is 1. The van der Waals surface area contributed by atoms with Gasteiger partial charge in [-0.25, -0.2) is 0 Å². The molecule has 0 atom stereocenters. The lowest BCUT2D eigenvalue weighted by molar-refractivity contribution is -0.138. The van der Waals surface area contributed by atoms with Crippen LogP contribution in [0.2, 0.25) is 5.02 Å². The number of rotatable bonds is 4. The third-order valence-electron chi connectivity index (χ3n) is 6.45. The Morgan fingerprint density at radius 2 is 1.79 bits per heavy atom. The van der Waals surface area contributed by atoms with E-state index in [-0.39, 0.29) is 17.2 Å². The van der Waals surface area contributed by atoms with Crippen molar-refractivity contribution in [2.75, 3.05) is 57.4 Å². The number of hydrogen-bond acceptors (Lipinski definition) is 4. The number of piperidine rings is 1. The van der Waals surface area contributed by atoms with Crippen LogP contribution in [0.1, 0.15) is 25.7 Å². The second kappa shape index (κ2) is 8.39. The quantitative estimate of drug-likeness (QED) is 0.771. The number of hydrogen-bond donors (Lipinski definition) is 0. The average molecular weight is 406 g/mol. The standard InChI is InChI=1S/C21H28ClN3O3/c22-17-2-1-3-18(16-17)25-11-7-21(20(25)27)5-9-24(10-6-21)19(26)4-8-23-12-14-28-15-13-23/h1-3,16H,4-15H2. The Morgan fingerprint density at radius 1 is 1.07 bits per heavy atom. The fourth-order valence-electron chi connectivity index (χ4n) is 4.60. The van der Waals surface area contributed by atoms with Gasteiger partial charge in [-0.15, -0.1) is 0 Å². The van der Waals surface area contributed by atoms with E-state index in [4.69, 9.17) is 16.3 Å². The van der Waals surface area contributed by atoms with E-state index >= 15 is 0 Å². The first kappa shape index (κ1) is 19.7. The summed E-state index contributed by atoms with van der Waals surface area (Å²) in [6.45, 7) is 6.20. The summed E-state index contributed by atoms with van der Waals surface area (Å²) in [6.07, 6.45) is 2.92. The highest BCUT2D eigenvalue weighted by Gasteiger charge is 2.48. The Labute approximate surface area is 171 Å². The molecule has 0 radical (unpaired) electrons. The third kappa shape index (κ3) is 4.04. The molecule has 3 heterocycles. The Balaban J connectivity index is 1.30. The molecular weight excluding hydrogens is 378 g/mol. The number of anilines is 1. The molecule has 4 rings (SSSR count). The highest BCUT2D eigenvalue weighted by Crippen LogP contribution is 2.43. The van der Waals surface area contributed by atoms with Crippen molar-refractivity contribution in [1.82, 2.24) is 9.80 Å². The molecule has 3 aliphatic heterocycles. The van der Waals surface area contributed by atoms with E-state index in [2.05, 4.69) is 4.90 Å². The molecular formula is C21H28ClN3O3. The zero-order chi connectivity index (χ0) is 19.6. The van der Waals surface area contributed by atoms with Crippen molar-refractivity contribution in [3.63, 3.8) is 0 Å². The van der Waals surface area contributed by atoms with Crippen LogP contribution in [0.5, 0.6) is 0 Å². The van der Waals surface area contributed by atoms with Crippen LogP contribution in [-0.2, 0) is 14.3 Å². The number of morpholine rings is 1. The van der Waals surface area contributed by atoms with Gasteiger partial charge in [-0.1, -0.05) is 17.7 Å². The fraction of sp³-hybridized carbons (Fsp3) is 0.619. The van der Waals surface area contributed by atoms with Gasteiger partial charge in [0, 0.05) is 56.4 Å². The maximum absolute atomic E-state index is 13.2. The highest BCUT2D eigenvalue weighted by molar-refractivity contribution is 6.31. The van der Waals surface area contributed by atoms with Gasteiger partial charge in [-0.05, 0) is 37.5 Å². The first-order valence-corrected chi connectivity index (χ1v) is 10.6. The van der Waals surface area contributed by atoms with Crippen molar-refractivity contribution in [2.45, 2.75) is 25.7 Å². The molecule has 1 spiro atoms. The Morgan fingerprint density at radius 3 is 2.50 bits per heavy atom. The highest BCUT2D eigenvalue weighted by atomic mass is 35.5. The second-order valence-corrected chi connectivity index (χ2v) is 8.49. The normalized spacial score (nSPS) is 22.8. The molecule has 28 heavy (non-hydrogen) atoms. The van der Waals surface area contributed by atoms with Crippen LogP contribution in [0.25, 0.3) is 0 Å². The molecule has 3 saturated heterocycles. The van der Waals surface area contributed by atoms with Gasteiger partial charge in [-0.3, -0.25) is 14.5 Å². The summed E-state index contributed by atoms with van der Waals surface area (Å²) >= 11 is 6.10. The minimum absolute atomic E-state index is 0.190. The summed E-state index contributed by atoms with van der Waals surface area (Å²) in [4.78, 5) is 31.9. The number of benzene rings is 1. The van der Waals surface area contributed by atoms with Crippen molar-refractivity contribution < 1.29 is 14.3 Å². The van der Waals surface area contributed by atoms with Crippen LogP contribution >= 0.6 is 11.6 Å². The van der Waals surface area contributed by atoms with Crippen LogP contribution < -0.4 is 4.90 Å². The van der Waals surface area contributed by atoms with Crippen LogP contribution in [-0.4, -0.2) is 74.1 Å². The summed E-state index contributed by atoms with van der Waals surface area (Å²) in [7, 11) is 0. The molecule has 152 valence electrons. The van der Waals surface area contributed by atoms with Gasteiger partial charge in [0.25, 0.3) is 0 Å². The SMILES string of the molecule is O=C(CCN1CCOCC1)N1CCC2(CC1)CCN(c1cccc(Cl)c1)C2=O. The lowest BCUT2D eigenvalue weighted by atomic mass is 9.77. The monoisotopic (exact) mass is 405 g/mol. The lowest BCUT2D eigenvalue weighted by Crippen LogP contribution is -2.47. The van der Waals surface area contributed by atoms with Gasteiger partial charge in [0.05, 0.1) is 18.6 Å². The zero-order valence-corrected chi connectivity index (χ0v) is 17.0. The zero-order valence-electron chi connectivity index (χ0n) is 16.2. The molecule has 0 aromatic heterocycles. The van der Waals surface area contributed by atoms with E-state index in [1.54, 1.807) is 0 Å². The topological polar surface area (TPSA) is 53.1 Å². The molecule has 0 N–H and O–H groups in total. The molecule has 3 aliphatic rings. The Hall–Kier alpha value is -1.63. The molecule has 6 nitrogen and oxygen atoms in total. The summed E-state index contributed by atoms with van der Waals surface area (Å²) in [5.74, 6) is 0.397. The average Bonchev–Trinajstić information content (AvgIpc) is 3.03. The largest absolute Gasteiger partial charge is 0.379 e. The molecule has 0 unspecified atom stereocenters. The van der Waals surface area contributed by atoms with E-state index in [1.807, 2.05) is 34.1 Å². The number of halogens is 1. The molecule has 2 amide bonds. The number of carbonyl (C=O) groups excluding carboxylic acids is 2. The van der Waals surface area contributed by atoms with E-state index in [0.717, 1.165) is 64.3 Å². The Kier molecular flexibility index (Phi) is 5.90. The molecule has 0 bridgehead atoms. The molecule has 0 aliphatic carbocycles. The van der Waals surface area contributed by atoms with Crippen LogP contribution in [0, 0.1) is 5.41 Å². The molecule has 3 fully saturated rings. The first-order chi connectivity index (χ1) is 13.6. The number of ether oxygens (including phenoxy) is 1. The summed E-state index contributed by atoms with van der Waals surface area (Å²) in [5, 5.41) is 0.645. The molecule has 1 aromatic rings. The maximum Gasteiger partial charge on any atom is 0.233 e.